The summed E-state index contributed by atoms with van der Waals surface area (Å²) in [5, 5.41) is 2.88. The molecule has 6 nitrogen and oxygen atoms in total. The molecule has 3 rings (SSSR count). The van der Waals surface area contributed by atoms with Crippen LogP contribution in [0.4, 0.5) is 5.82 Å². The molecule has 1 fully saturated rings. The van der Waals surface area contributed by atoms with Gasteiger partial charge < -0.3 is 15.0 Å². The van der Waals surface area contributed by atoms with Crippen LogP contribution in [0.1, 0.15) is 41.0 Å². The van der Waals surface area contributed by atoms with Crippen LogP contribution in [0.2, 0.25) is 0 Å². The minimum absolute atomic E-state index is 0.0837. The number of ether oxygens (including phenoxy) is 1. The van der Waals surface area contributed by atoms with Crippen LogP contribution in [-0.2, 0) is 0 Å². The van der Waals surface area contributed by atoms with E-state index < -0.39 is 0 Å². The molecule has 2 aromatic rings. The zero-order chi connectivity index (χ0) is 18.4. The number of aryl methyl sites for hydroxylation is 2. The molecule has 1 saturated heterocycles. The molecule has 1 aliphatic rings. The molecule has 0 saturated carbocycles. The third kappa shape index (κ3) is 4.71. The Bertz CT molecular complexity index is 757. The van der Waals surface area contributed by atoms with Gasteiger partial charge in [-0.25, -0.2) is 4.98 Å². The van der Waals surface area contributed by atoms with Crippen molar-refractivity contribution >= 4 is 11.7 Å². The number of nitrogens with one attached hydrogen (secondary N) is 1. The van der Waals surface area contributed by atoms with Crippen LogP contribution in [0, 0.1) is 13.8 Å². The van der Waals surface area contributed by atoms with Crippen molar-refractivity contribution in [1.82, 2.24) is 15.3 Å². The predicted molar refractivity (Wildman–Crippen MR) is 102 cm³/mol. The first kappa shape index (κ1) is 18.2. The van der Waals surface area contributed by atoms with Crippen LogP contribution in [0.25, 0.3) is 0 Å². The van der Waals surface area contributed by atoms with E-state index in [4.69, 9.17) is 4.74 Å². The predicted octanol–water partition coefficient (Wildman–Crippen LogP) is 2.89. The molecule has 0 bridgehead atoms. The molecule has 0 atom stereocenters. The second-order valence-corrected chi connectivity index (χ2v) is 6.58. The second kappa shape index (κ2) is 8.65. The first-order valence-corrected chi connectivity index (χ1v) is 9.21. The lowest BCUT2D eigenvalue weighted by Gasteiger charge is -2.28. The van der Waals surface area contributed by atoms with Crippen molar-refractivity contribution in [3.63, 3.8) is 0 Å². The van der Waals surface area contributed by atoms with Gasteiger partial charge in [0, 0.05) is 24.7 Å². The fraction of sp³-hybridized carbons (Fsp3) is 0.450. The lowest BCUT2D eigenvalue weighted by Crippen LogP contribution is -2.30. The van der Waals surface area contributed by atoms with Crippen molar-refractivity contribution in [2.24, 2.45) is 0 Å². The van der Waals surface area contributed by atoms with Gasteiger partial charge in [0.05, 0.1) is 6.54 Å². The summed E-state index contributed by atoms with van der Waals surface area (Å²) in [6.07, 6.45) is 3.68. The van der Waals surface area contributed by atoms with Gasteiger partial charge >= 0.3 is 0 Å². The maximum atomic E-state index is 12.2. The highest BCUT2D eigenvalue weighted by Crippen LogP contribution is 2.21. The van der Waals surface area contributed by atoms with Crippen molar-refractivity contribution in [1.29, 1.82) is 0 Å². The number of benzene rings is 1. The van der Waals surface area contributed by atoms with Crippen LogP contribution in [-0.4, -0.2) is 42.1 Å². The molecule has 26 heavy (non-hydrogen) atoms. The van der Waals surface area contributed by atoms with Crippen molar-refractivity contribution in [2.45, 2.75) is 33.1 Å². The van der Waals surface area contributed by atoms with E-state index in [1.165, 1.54) is 19.3 Å². The standard InChI is InChI=1S/C20H26N4O2/c1-15-8-4-5-9-17(15)20(25)21-10-13-26-19-14-18(22-16(2)23-19)24-11-6-3-7-12-24/h4-5,8-9,14H,3,6-7,10-13H2,1-2H3,(H,21,25). The Hall–Kier alpha value is -2.63. The van der Waals surface area contributed by atoms with E-state index in [-0.39, 0.29) is 5.91 Å². The van der Waals surface area contributed by atoms with E-state index in [0.29, 0.717) is 30.4 Å². The van der Waals surface area contributed by atoms with Gasteiger partial charge in [-0.05, 0) is 44.7 Å². The highest BCUT2D eigenvalue weighted by Gasteiger charge is 2.14. The molecule has 0 aliphatic carbocycles. The minimum atomic E-state index is -0.0837. The van der Waals surface area contributed by atoms with Gasteiger partial charge in [-0.1, -0.05) is 18.2 Å². The first-order chi connectivity index (χ1) is 12.6. The molecular weight excluding hydrogens is 328 g/mol. The van der Waals surface area contributed by atoms with Crippen molar-refractivity contribution in [3.8, 4) is 5.88 Å². The Morgan fingerprint density at radius 1 is 1.15 bits per heavy atom. The number of carbonyl (C=O) groups excluding carboxylic acids is 1. The van der Waals surface area contributed by atoms with E-state index >= 15 is 0 Å². The van der Waals surface area contributed by atoms with Gasteiger partial charge in [-0.3, -0.25) is 4.79 Å². The van der Waals surface area contributed by atoms with E-state index in [2.05, 4.69) is 20.2 Å². The van der Waals surface area contributed by atoms with Gasteiger partial charge in [0.1, 0.15) is 18.2 Å². The van der Waals surface area contributed by atoms with Gasteiger partial charge in [0.25, 0.3) is 5.91 Å². The molecule has 1 aromatic carbocycles. The summed E-state index contributed by atoms with van der Waals surface area (Å²) < 4.78 is 5.74. The molecule has 0 spiro atoms. The topological polar surface area (TPSA) is 67.3 Å². The molecule has 0 unspecified atom stereocenters. The Morgan fingerprint density at radius 2 is 1.92 bits per heavy atom. The maximum Gasteiger partial charge on any atom is 0.251 e. The highest BCUT2D eigenvalue weighted by molar-refractivity contribution is 5.95. The summed E-state index contributed by atoms with van der Waals surface area (Å²) in [7, 11) is 0. The number of aromatic nitrogens is 2. The fourth-order valence-electron chi connectivity index (χ4n) is 3.13. The van der Waals surface area contributed by atoms with Crippen molar-refractivity contribution < 1.29 is 9.53 Å². The monoisotopic (exact) mass is 354 g/mol. The van der Waals surface area contributed by atoms with E-state index in [1.54, 1.807) is 0 Å². The zero-order valence-electron chi connectivity index (χ0n) is 15.5. The smallest absolute Gasteiger partial charge is 0.251 e. The Labute approximate surface area is 154 Å². The average molecular weight is 354 g/mol. The molecule has 1 N–H and O–H groups in total. The first-order valence-electron chi connectivity index (χ1n) is 9.21. The Kier molecular flexibility index (Phi) is 6.04. The number of rotatable bonds is 6. The molecule has 2 heterocycles. The molecule has 6 heteroatoms. The third-order valence-electron chi connectivity index (χ3n) is 4.51. The molecule has 138 valence electrons. The molecule has 1 amide bonds. The molecule has 1 aromatic heterocycles. The highest BCUT2D eigenvalue weighted by atomic mass is 16.5. The van der Waals surface area contributed by atoms with Crippen molar-refractivity contribution in [2.75, 3.05) is 31.1 Å². The van der Waals surface area contributed by atoms with Gasteiger partial charge in [-0.2, -0.15) is 4.98 Å². The van der Waals surface area contributed by atoms with Crippen LogP contribution >= 0.6 is 0 Å². The molecule has 0 radical (unpaired) electrons. The third-order valence-corrected chi connectivity index (χ3v) is 4.51. The number of amides is 1. The number of hydrogen-bond donors (Lipinski definition) is 1. The average Bonchev–Trinajstić information content (AvgIpc) is 2.66. The SMILES string of the molecule is Cc1nc(OCCNC(=O)c2ccccc2C)cc(N2CCCCC2)n1. The normalized spacial score (nSPS) is 14.2. The van der Waals surface area contributed by atoms with Gasteiger partial charge in [0.2, 0.25) is 5.88 Å². The number of carbonyl (C=O) groups is 1. The van der Waals surface area contributed by atoms with Crippen LogP contribution in [0.5, 0.6) is 5.88 Å². The van der Waals surface area contributed by atoms with Crippen LogP contribution in [0.3, 0.4) is 0 Å². The van der Waals surface area contributed by atoms with E-state index in [0.717, 1.165) is 24.5 Å². The number of nitrogens with zero attached hydrogens (tertiary/aromatic N) is 3. The maximum absolute atomic E-state index is 12.2. The van der Waals surface area contributed by atoms with Crippen LogP contribution in [0.15, 0.2) is 30.3 Å². The summed E-state index contributed by atoms with van der Waals surface area (Å²) in [5.41, 5.74) is 1.65. The number of hydrogen-bond acceptors (Lipinski definition) is 5. The summed E-state index contributed by atoms with van der Waals surface area (Å²) in [6, 6.07) is 9.43. The zero-order valence-corrected chi connectivity index (χ0v) is 15.5. The summed E-state index contributed by atoms with van der Waals surface area (Å²) in [4.78, 5) is 23.3. The van der Waals surface area contributed by atoms with Gasteiger partial charge in [0.15, 0.2) is 0 Å². The summed E-state index contributed by atoms with van der Waals surface area (Å²) in [5.74, 6) is 2.10. The number of piperidine rings is 1. The van der Waals surface area contributed by atoms with Crippen LogP contribution < -0.4 is 15.0 Å². The quantitative estimate of drug-likeness (QED) is 0.808. The lowest BCUT2D eigenvalue weighted by molar-refractivity contribution is 0.0946. The minimum Gasteiger partial charge on any atom is -0.476 e. The molecule has 1 aliphatic heterocycles. The Balaban J connectivity index is 1.52. The van der Waals surface area contributed by atoms with E-state index in [9.17, 15) is 4.79 Å². The fourth-order valence-corrected chi connectivity index (χ4v) is 3.13. The van der Waals surface area contributed by atoms with Gasteiger partial charge in [-0.15, -0.1) is 0 Å². The van der Waals surface area contributed by atoms with Crippen molar-refractivity contribution in [3.05, 3.63) is 47.3 Å². The van der Waals surface area contributed by atoms with E-state index in [1.807, 2.05) is 44.2 Å². The largest absolute Gasteiger partial charge is 0.476 e. The Morgan fingerprint density at radius 3 is 2.69 bits per heavy atom. The lowest BCUT2D eigenvalue weighted by atomic mass is 10.1. The number of anilines is 1. The second-order valence-electron chi connectivity index (χ2n) is 6.58. The molecular formula is C20H26N4O2. The summed E-state index contributed by atoms with van der Waals surface area (Å²) >= 11 is 0. The summed E-state index contributed by atoms with van der Waals surface area (Å²) in [6.45, 7) is 6.66.